The lowest BCUT2D eigenvalue weighted by Crippen LogP contribution is -2.44. The first-order valence-corrected chi connectivity index (χ1v) is 10.7. The Kier molecular flexibility index (Phi) is 6.16. The number of amides is 3. The summed E-state index contributed by atoms with van der Waals surface area (Å²) >= 11 is 0. The highest BCUT2D eigenvalue weighted by atomic mass is 19.4. The van der Waals surface area contributed by atoms with Crippen molar-refractivity contribution in [3.05, 3.63) is 64.7 Å². The molecule has 10 heteroatoms. The van der Waals surface area contributed by atoms with Gasteiger partial charge in [-0.15, -0.1) is 0 Å². The third-order valence-electron chi connectivity index (χ3n) is 6.10. The van der Waals surface area contributed by atoms with Crippen LogP contribution in [-0.4, -0.2) is 46.4 Å². The number of hydrogen-bond donors (Lipinski definition) is 1. The van der Waals surface area contributed by atoms with Gasteiger partial charge in [-0.05, 0) is 41.8 Å². The number of ketones is 2. The molecule has 1 atom stereocenters. The molecule has 34 heavy (non-hydrogen) atoms. The molecular formula is C24H22F3N3O4. The average Bonchev–Trinajstić information content (AvgIpc) is 3.11. The molecule has 4 rings (SSSR count). The number of alkyl halides is 3. The number of fused-ring (bicyclic) bond motifs is 1. The van der Waals surface area contributed by atoms with Gasteiger partial charge in [-0.1, -0.05) is 18.2 Å². The highest BCUT2D eigenvalue weighted by Gasteiger charge is 2.39. The Morgan fingerprint density at radius 1 is 1.15 bits per heavy atom. The number of hydrogen-bond acceptors (Lipinski definition) is 4. The van der Waals surface area contributed by atoms with Crippen LogP contribution in [-0.2, 0) is 28.9 Å². The zero-order chi connectivity index (χ0) is 24.6. The van der Waals surface area contributed by atoms with Crippen LogP contribution in [0.25, 0.3) is 0 Å². The molecule has 2 aromatic carbocycles. The Bertz CT molecular complexity index is 1180. The van der Waals surface area contributed by atoms with Gasteiger partial charge < -0.3 is 15.1 Å². The van der Waals surface area contributed by atoms with Gasteiger partial charge in [0.15, 0.2) is 5.78 Å². The van der Waals surface area contributed by atoms with Crippen LogP contribution >= 0.6 is 0 Å². The van der Waals surface area contributed by atoms with Crippen LogP contribution in [0.1, 0.15) is 46.3 Å². The molecular weight excluding hydrogens is 451 g/mol. The minimum Gasteiger partial charge on any atom is -0.324 e. The number of benzene rings is 2. The summed E-state index contributed by atoms with van der Waals surface area (Å²) in [5, 5.41) is 2.45. The summed E-state index contributed by atoms with van der Waals surface area (Å²) in [5.41, 5.74) is 0.960. The fourth-order valence-electron chi connectivity index (χ4n) is 4.33. The number of anilines is 1. The van der Waals surface area contributed by atoms with Crippen LogP contribution in [0, 0.1) is 0 Å². The summed E-state index contributed by atoms with van der Waals surface area (Å²) in [6.45, 7) is 0.296. The second-order valence-electron chi connectivity index (χ2n) is 8.48. The number of carbonyl (C=O) groups is 4. The van der Waals surface area contributed by atoms with Crippen LogP contribution in [0.5, 0.6) is 0 Å². The minimum absolute atomic E-state index is 0.0108. The molecule has 1 unspecified atom stereocenters. The average molecular weight is 473 g/mol. The lowest BCUT2D eigenvalue weighted by atomic mass is 9.92. The molecule has 1 N–H and O–H groups in total. The van der Waals surface area contributed by atoms with E-state index in [4.69, 9.17) is 0 Å². The molecule has 0 radical (unpaired) electrons. The van der Waals surface area contributed by atoms with E-state index in [-0.39, 0.29) is 49.1 Å². The molecule has 1 heterocycles. The van der Waals surface area contributed by atoms with Crippen molar-refractivity contribution in [2.75, 3.05) is 12.4 Å². The molecule has 7 nitrogen and oxygen atoms in total. The molecule has 2 aliphatic rings. The van der Waals surface area contributed by atoms with E-state index < -0.39 is 23.8 Å². The maximum absolute atomic E-state index is 13.0. The third kappa shape index (κ3) is 4.66. The second kappa shape index (κ2) is 8.92. The van der Waals surface area contributed by atoms with Crippen molar-refractivity contribution in [1.29, 1.82) is 0 Å². The van der Waals surface area contributed by atoms with Gasteiger partial charge in [-0.2, -0.15) is 13.2 Å². The Hall–Kier alpha value is -3.69. The predicted molar refractivity (Wildman–Crippen MR) is 116 cm³/mol. The molecule has 0 aromatic heterocycles. The van der Waals surface area contributed by atoms with E-state index in [2.05, 4.69) is 5.32 Å². The van der Waals surface area contributed by atoms with Crippen molar-refractivity contribution in [2.45, 2.75) is 44.6 Å². The van der Waals surface area contributed by atoms with E-state index >= 15 is 0 Å². The molecule has 2 aromatic rings. The fourth-order valence-corrected chi connectivity index (χ4v) is 4.33. The number of Topliss-reactive ketones (excluding diaryl/α,β-unsaturated/α-hetero) is 2. The zero-order valence-electron chi connectivity index (χ0n) is 18.3. The SMILES string of the molecule is CN(Cc1cccc2c1CN(C1CCC(=O)CC1=O)C2=O)C(=O)Nc1cccc(C(F)(F)F)c1. The minimum atomic E-state index is -4.53. The maximum atomic E-state index is 13.0. The van der Waals surface area contributed by atoms with Crippen LogP contribution < -0.4 is 5.32 Å². The van der Waals surface area contributed by atoms with Crippen LogP contribution in [0.3, 0.4) is 0 Å². The number of carbonyl (C=O) groups excluding carboxylic acids is 4. The van der Waals surface area contributed by atoms with Gasteiger partial charge in [-0.25, -0.2) is 4.79 Å². The monoisotopic (exact) mass is 473 g/mol. The summed E-state index contributed by atoms with van der Waals surface area (Å²) in [4.78, 5) is 52.2. The fraction of sp³-hybridized carbons (Fsp3) is 0.333. The van der Waals surface area contributed by atoms with Crippen LogP contribution in [0.15, 0.2) is 42.5 Å². The largest absolute Gasteiger partial charge is 0.416 e. The molecule has 1 aliphatic carbocycles. The third-order valence-corrected chi connectivity index (χ3v) is 6.10. The lowest BCUT2D eigenvalue weighted by molar-refractivity contribution is -0.137. The summed E-state index contributed by atoms with van der Waals surface area (Å²) in [6, 6.07) is 8.19. The quantitative estimate of drug-likeness (QED) is 0.680. The summed E-state index contributed by atoms with van der Waals surface area (Å²) < 4.78 is 38.8. The Morgan fingerprint density at radius 2 is 1.88 bits per heavy atom. The van der Waals surface area contributed by atoms with Crippen molar-refractivity contribution in [2.24, 2.45) is 0 Å². The van der Waals surface area contributed by atoms with Crippen molar-refractivity contribution < 1.29 is 32.3 Å². The van der Waals surface area contributed by atoms with Gasteiger partial charge in [0.2, 0.25) is 0 Å². The van der Waals surface area contributed by atoms with Gasteiger partial charge in [0.1, 0.15) is 5.78 Å². The van der Waals surface area contributed by atoms with E-state index in [1.807, 2.05) is 0 Å². The van der Waals surface area contributed by atoms with Crippen LogP contribution in [0.4, 0.5) is 23.7 Å². The molecule has 3 amide bonds. The molecule has 178 valence electrons. The first kappa shape index (κ1) is 23.5. The highest BCUT2D eigenvalue weighted by Crippen LogP contribution is 2.32. The number of rotatable bonds is 4. The van der Waals surface area contributed by atoms with Crippen molar-refractivity contribution in [3.8, 4) is 0 Å². The smallest absolute Gasteiger partial charge is 0.324 e. The standard InChI is InChI=1S/C24H22F3N3O4/c1-29(23(34)28-16-6-3-5-15(10-16)24(25,26)27)12-14-4-2-7-18-19(14)13-30(22(18)33)20-9-8-17(31)11-21(20)32/h2-7,10,20H,8-9,11-13H2,1H3,(H,28,34). The van der Waals surface area contributed by atoms with Gasteiger partial charge in [0.25, 0.3) is 5.91 Å². The number of nitrogens with zero attached hydrogens (tertiary/aromatic N) is 2. The summed E-state index contributed by atoms with van der Waals surface area (Å²) in [5.74, 6) is -0.684. The van der Waals surface area contributed by atoms with E-state index in [0.29, 0.717) is 23.1 Å². The van der Waals surface area contributed by atoms with Gasteiger partial charge >= 0.3 is 12.2 Å². The normalized spacial score (nSPS) is 18.2. The van der Waals surface area contributed by atoms with Gasteiger partial charge in [0.05, 0.1) is 18.0 Å². The lowest BCUT2D eigenvalue weighted by Gasteiger charge is -2.29. The Balaban J connectivity index is 1.47. The second-order valence-corrected chi connectivity index (χ2v) is 8.48. The van der Waals surface area contributed by atoms with E-state index in [1.54, 1.807) is 18.2 Å². The van der Waals surface area contributed by atoms with Crippen LogP contribution in [0.2, 0.25) is 0 Å². The molecule has 0 spiro atoms. The number of nitrogens with one attached hydrogen (secondary N) is 1. The van der Waals surface area contributed by atoms with Gasteiger partial charge in [0, 0.05) is 37.8 Å². The molecule has 1 saturated carbocycles. The van der Waals surface area contributed by atoms with Crippen molar-refractivity contribution in [3.63, 3.8) is 0 Å². The maximum Gasteiger partial charge on any atom is 0.416 e. The van der Waals surface area contributed by atoms with Crippen molar-refractivity contribution >= 4 is 29.2 Å². The van der Waals surface area contributed by atoms with E-state index in [1.165, 1.54) is 29.0 Å². The first-order valence-electron chi connectivity index (χ1n) is 10.7. The molecule has 1 aliphatic heterocycles. The molecule has 0 bridgehead atoms. The zero-order valence-corrected chi connectivity index (χ0v) is 18.3. The van der Waals surface area contributed by atoms with Gasteiger partial charge in [-0.3, -0.25) is 14.4 Å². The number of halogens is 3. The van der Waals surface area contributed by atoms with E-state index in [9.17, 15) is 32.3 Å². The topological polar surface area (TPSA) is 86.8 Å². The van der Waals surface area contributed by atoms with Crippen molar-refractivity contribution in [1.82, 2.24) is 9.80 Å². The predicted octanol–water partition coefficient (Wildman–Crippen LogP) is 4.02. The molecule has 0 saturated heterocycles. The first-order chi connectivity index (χ1) is 16.0. The summed E-state index contributed by atoms with van der Waals surface area (Å²) in [7, 11) is 1.49. The Labute approximate surface area is 193 Å². The van der Waals surface area contributed by atoms with E-state index in [0.717, 1.165) is 12.1 Å². The summed E-state index contributed by atoms with van der Waals surface area (Å²) in [6.07, 6.45) is -4.15. The Morgan fingerprint density at radius 3 is 2.59 bits per heavy atom. The highest BCUT2D eigenvalue weighted by molar-refractivity contribution is 6.07. The molecule has 1 fully saturated rings. The number of urea groups is 1.